The van der Waals surface area contributed by atoms with Gasteiger partial charge in [-0.1, -0.05) is 47.6 Å². The van der Waals surface area contributed by atoms with Crippen molar-refractivity contribution in [2.45, 2.75) is 25.9 Å². The molecular weight excluding hydrogens is 368 g/mol. The monoisotopic (exact) mass is 390 g/mol. The largest absolute Gasteiger partial charge is 0.338 e. The number of amides is 2. The lowest BCUT2D eigenvalue weighted by atomic mass is 10.1. The molecule has 3 aromatic rings. The van der Waals surface area contributed by atoms with Crippen molar-refractivity contribution in [3.63, 3.8) is 0 Å². The van der Waals surface area contributed by atoms with E-state index in [4.69, 9.17) is 4.52 Å². The first-order valence-electron chi connectivity index (χ1n) is 9.60. The molecule has 2 amide bonds. The number of likely N-dealkylation sites (tertiary alicyclic amines) is 1. The highest BCUT2D eigenvalue weighted by Crippen LogP contribution is 2.17. The summed E-state index contributed by atoms with van der Waals surface area (Å²) >= 11 is 0. The lowest BCUT2D eigenvalue weighted by Gasteiger charge is -2.17. The molecule has 0 saturated carbocycles. The van der Waals surface area contributed by atoms with Gasteiger partial charge in [-0.2, -0.15) is 4.98 Å². The molecule has 1 fully saturated rings. The lowest BCUT2D eigenvalue weighted by molar-refractivity contribution is -0.128. The fraction of sp³-hybridized carbons (Fsp3) is 0.273. The van der Waals surface area contributed by atoms with Gasteiger partial charge in [-0.15, -0.1) is 0 Å². The summed E-state index contributed by atoms with van der Waals surface area (Å²) in [4.78, 5) is 32.2. The number of hydrogen-bond donors (Lipinski definition) is 0. The summed E-state index contributed by atoms with van der Waals surface area (Å²) in [6.07, 6.45) is 1.55. The molecule has 148 valence electrons. The molecule has 1 aromatic heterocycles. The van der Waals surface area contributed by atoms with Crippen molar-refractivity contribution in [1.29, 1.82) is 0 Å². The maximum absolute atomic E-state index is 12.7. The Morgan fingerprint density at radius 2 is 1.90 bits per heavy atom. The van der Waals surface area contributed by atoms with Crippen LogP contribution in [0.5, 0.6) is 0 Å². The Bertz CT molecular complexity index is 998. The number of carbonyl (C=O) groups excluding carboxylic acids is 2. The summed E-state index contributed by atoms with van der Waals surface area (Å²) in [5, 5.41) is 3.98. The summed E-state index contributed by atoms with van der Waals surface area (Å²) in [7, 11) is 1.70. The van der Waals surface area contributed by atoms with Crippen LogP contribution >= 0.6 is 0 Å². The zero-order chi connectivity index (χ0) is 20.2. The minimum absolute atomic E-state index is 0.131. The molecule has 0 bridgehead atoms. The van der Waals surface area contributed by atoms with E-state index >= 15 is 0 Å². The minimum atomic E-state index is -0.131. The van der Waals surface area contributed by atoms with Crippen molar-refractivity contribution in [3.8, 4) is 11.4 Å². The molecule has 0 radical (unpaired) electrons. The van der Waals surface area contributed by atoms with E-state index in [0.717, 1.165) is 24.1 Å². The van der Waals surface area contributed by atoms with Crippen molar-refractivity contribution in [2.75, 3.05) is 13.6 Å². The lowest BCUT2D eigenvalue weighted by Crippen LogP contribution is -2.26. The Morgan fingerprint density at radius 3 is 2.59 bits per heavy atom. The summed E-state index contributed by atoms with van der Waals surface area (Å²) < 4.78 is 5.29. The first-order chi connectivity index (χ1) is 14.1. The van der Waals surface area contributed by atoms with Crippen LogP contribution in [0.25, 0.3) is 11.4 Å². The summed E-state index contributed by atoms with van der Waals surface area (Å²) in [6.45, 7) is 1.62. The Kier molecular flexibility index (Phi) is 5.37. The highest BCUT2D eigenvalue weighted by atomic mass is 16.5. The average Bonchev–Trinajstić information content (AvgIpc) is 3.38. The maximum atomic E-state index is 12.7. The van der Waals surface area contributed by atoms with E-state index in [9.17, 15) is 9.59 Å². The fourth-order valence-corrected chi connectivity index (χ4v) is 3.36. The van der Waals surface area contributed by atoms with Gasteiger partial charge in [-0.3, -0.25) is 9.59 Å². The Balaban J connectivity index is 1.38. The normalized spacial score (nSPS) is 13.7. The molecule has 2 aromatic carbocycles. The van der Waals surface area contributed by atoms with E-state index in [1.807, 2.05) is 47.4 Å². The summed E-state index contributed by atoms with van der Waals surface area (Å²) in [5.74, 6) is 0.943. The molecule has 7 heteroatoms. The smallest absolute Gasteiger partial charge is 0.254 e. The van der Waals surface area contributed by atoms with Crippen molar-refractivity contribution in [2.24, 2.45) is 0 Å². The number of benzene rings is 2. The molecule has 2 heterocycles. The molecule has 0 N–H and O–H groups in total. The Hall–Kier alpha value is -3.48. The van der Waals surface area contributed by atoms with Crippen LogP contribution in [-0.2, 0) is 17.9 Å². The van der Waals surface area contributed by atoms with Crippen LogP contribution < -0.4 is 0 Å². The number of carbonyl (C=O) groups is 2. The first-order valence-corrected chi connectivity index (χ1v) is 9.60. The van der Waals surface area contributed by atoms with E-state index in [-0.39, 0.29) is 18.4 Å². The molecule has 1 aliphatic rings. The van der Waals surface area contributed by atoms with E-state index in [2.05, 4.69) is 10.1 Å². The Morgan fingerprint density at radius 1 is 1.14 bits per heavy atom. The molecule has 0 unspecified atom stereocenters. The van der Waals surface area contributed by atoms with Gasteiger partial charge in [0.1, 0.15) is 0 Å². The van der Waals surface area contributed by atoms with Crippen molar-refractivity contribution in [3.05, 3.63) is 71.6 Å². The number of aromatic nitrogens is 2. The van der Waals surface area contributed by atoms with Gasteiger partial charge in [0, 0.05) is 37.7 Å². The number of nitrogens with zero attached hydrogens (tertiary/aromatic N) is 4. The summed E-state index contributed by atoms with van der Waals surface area (Å²) in [5.41, 5.74) is 2.46. The minimum Gasteiger partial charge on any atom is -0.338 e. The third-order valence-corrected chi connectivity index (χ3v) is 4.96. The molecular formula is C22H22N4O3. The zero-order valence-corrected chi connectivity index (χ0v) is 16.2. The van der Waals surface area contributed by atoms with Crippen LogP contribution in [0, 0.1) is 0 Å². The number of rotatable bonds is 6. The van der Waals surface area contributed by atoms with Gasteiger partial charge in [-0.25, -0.2) is 0 Å². The molecule has 1 aliphatic heterocycles. The van der Waals surface area contributed by atoms with Crippen LogP contribution in [0.3, 0.4) is 0 Å². The van der Waals surface area contributed by atoms with Gasteiger partial charge >= 0.3 is 0 Å². The molecule has 0 atom stereocenters. The van der Waals surface area contributed by atoms with E-state index in [1.54, 1.807) is 24.1 Å². The van der Waals surface area contributed by atoms with Gasteiger partial charge in [0.15, 0.2) is 0 Å². The van der Waals surface area contributed by atoms with Gasteiger partial charge in [0.25, 0.3) is 5.91 Å². The van der Waals surface area contributed by atoms with Gasteiger partial charge in [0.2, 0.25) is 17.6 Å². The van der Waals surface area contributed by atoms with Crippen LogP contribution in [0.4, 0.5) is 0 Å². The standard InChI is InChI=1S/C22H22N4O3/c1-25(15-19-23-21(24-29-19)17-6-3-2-4-7-17)22(28)18-11-9-16(10-12-18)14-26-13-5-8-20(26)27/h2-4,6-7,9-12H,5,8,13-15H2,1H3. The second-order valence-electron chi connectivity index (χ2n) is 7.15. The predicted octanol–water partition coefficient (Wildman–Crippen LogP) is 3.13. The van der Waals surface area contributed by atoms with Crippen molar-refractivity contribution in [1.82, 2.24) is 19.9 Å². The fourth-order valence-electron chi connectivity index (χ4n) is 3.36. The van der Waals surface area contributed by atoms with E-state index in [1.165, 1.54) is 0 Å². The van der Waals surface area contributed by atoms with Gasteiger partial charge in [-0.05, 0) is 24.1 Å². The van der Waals surface area contributed by atoms with Gasteiger partial charge < -0.3 is 14.3 Å². The highest BCUT2D eigenvalue weighted by molar-refractivity contribution is 5.94. The van der Waals surface area contributed by atoms with Crippen LogP contribution in [0.15, 0.2) is 59.1 Å². The van der Waals surface area contributed by atoms with Crippen molar-refractivity contribution >= 4 is 11.8 Å². The molecule has 29 heavy (non-hydrogen) atoms. The Labute approximate surface area is 168 Å². The molecule has 1 saturated heterocycles. The zero-order valence-electron chi connectivity index (χ0n) is 16.2. The van der Waals surface area contributed by atoms with E-state index in [0.29, 0.717) is 30.2 Å². The average molecular weight is 390 g/mol. The second kappa shape index (κ2) is 8.26. The topological polar surface area (TPSA) is 79.5 Å². The molecule has 0 spiro atoms. The molecule has 4 rings (SSSR count). The summed E-state index contributed by atoms with van der Waals surface area (Å²) in [6, 6.07) is 16.9. The first kappa shape index (κ1) is 18.9. The van der Waals surface area contributed by atoms with Crippen LogP contribution in [0.1, 0.15) is 34.7 Å². The van der Waals surface area contributed by atoms with Gasteiger partial charge in [0.05, 0.1) is 6.54 Å². The molecule has 7 nitrogen and oxygen atoms in total. The second-order valence-corrected chi connectivity index (χ2v) is 7.15. The van der Waals surface area contributed by atoms with Crippen molar-refractivity contribution < 1.29 is 14.1 Å². The quantitative estimate of drug-likeness (QED) is 0.646. The predicted molar refractivity (Wildman–Crippen MR) is 107 cm³/mol. The molecule has 0 aliphatic carbocycles. The number of hydrogen-bond acceptors (Lipinski definition) is 5. The van der Waals surface area contributed by atoms with Crippen LogP contribution in [-0.4, -0.2) is 45.3 Å². The highest BCUT2D eigenvalue weighted by Gasteiger charge is 2.20. The maximum Gasteiger partial charge on any atom is 0.254 e. The third kappa shape index (κ3) is 4.34. The van der Waals surface area contributed by atoms with E-state index < -0.39 is 0 Å². The third-order valence-electron chi connectivity index (χ3n) is 4.96. The SMILES string of the molecule is CN(Cc1nc(-c2ccccc2)no1)C(=O)c1ccc(CN2CCCC2=O)cc1. The van der Waals surface area contributed by atoms with Crippen LogP contribution in [0.2, 0.25) is 0 Å².